The third-order valence-corrected chi connectivity index (χ3v) is 3.83. The van der Waals surface area contributed by atoms with E-state index in [4.69, 9.17) is 11.6 Å². The van der Waals surface area contributed by atoms with Gasteiger partial charge in [0.1, 0.15) is 5.82 Å². The lowest BCUT2D eigenvalue weighted by Gasteiger charge is -2.26. The van der Waals surface area contributed by atoms with Gasteiger partial charge in [0.2, 0.25) is 0 Å². The topological polar surface area (TPSA) is 15.6 Å². The predicted octanol–water partition coefficient (Wildman–Crippen LogP) is 3.88. The third kappa shape index (κ3) is 2.05. The van der Waals surface area contributed by atoms with Crippen molar-refractivity contribution in [2.45, 2.75) is 6.54 Å². The van der Waals surface area contributed by atoms with E-state index in [1.165, 1.54) is 17.8 Å². The second-order valence-electron chi connectivity index (χ2n) is 3.58. The molecule has 0 spiro atoms. The SMILES string of the molecule is Cl.Fc1cccc2c1CN1C(CCl)=CSC1=N2. The highest BCUT2D eigenvalue weighted by molar-refractivity contribution is 8.16. The lowest BCUT2D eigenvalue weighted by molar-refractivity contribution is 0.493. The van der Waals surface area contributed by atoms with Gasteiger partial charge in [0.15, 0.2) is 5.17 Å². The van der Waals surface area contributed by atoms with Crippen LogP contribution in [0.5, 0.6) is 0 Å². The molecule has 2 aliphatic heterocycles. The first-order valence-corrected chi connectivity index (χ1v) is 6.26. The van der Waals surface area contributed by atoms with Crippen LogP contribution >= 0.6 is 35.8 Å². The molecule has 2 heterocycles. The van der Waals surface area contributed by atoms with Crippen LogP contribution < -0.4 is 0 Å². The maximum atomic E-state index is 13.6. The van der Waals surface area contributed by atoms with Gasteiger partial charge in [-0.3, -0.25) is 0 Å². The highest BCUT2D eigenvalue weighted by Crippen LogP contribution is 2.37. The Bertz CT molecular complexity index is 516. The van der Waals surface area contributed by atoms with E-state index in [1.54, 1.807) is 6.07 Å². The number of amidine groups is 1. The predicted molar refractivity (Wildman–Crippen MR) is 72.7 cm³/mol. The van der Waals surface area contributed by atoms with Crippen molar-refractivity contribution in [3.05, 3.63) is 40.7 Å². The fourth-order valence-corrected chi connectivity index (χ4v) is 3.03. The number of rotatable bonds is 1. The van der Waals surface area contributed by atoms with E-state index in [1.807, 2.05) is 16.4 Å². The zero-order chi connectivity index (χ0) is 11.1. The van der Waals surface area contributed by atoms with Gasteiger partial charge in [-0.05, 0) is 17.5 Å². The summed E-state index contributed by atoms with van der Waals surface area (Å²) in [6.07, 6.45) is 0. The molecule has 0 saturated heterocycles. The first-order chi connectivity index (χ1) is 7.79. The van der Waals surface area contributed by atoms with Gasteiger partial charge in [0.05, 0.1) is 18.1 Å². The first-order valence-electron chi connectivity index (χ1n) is 4.85. The molecule has 2 aliphatic rings. The second-order valence-corrected chi connectivity index (χ2v) is 4.68. The molecule has 3 rings (SSSR count). The Morgan fingerprint density at radius 2 is 2.29 bits per heavy atom. The van der Waals surface area contributed by atoms with Crippen molar-refractivity contribution >= 4 is 46.6 Å². The molecule has 0 bridgehead atoms. The molecule has 1 aromatic rings. The quantitative estimate of drug-likeness (QED) is 0.730. The number of allylic oxidation sites excluding steroid dienone is 1. The van der Waals surface area contributed by atoms with Crippen LogP contribution in [0, 0.1) is 5.82 Å². The van der Waals surface area contributed by atoms with Gasteiger partial charge in [0.25, 0.3) is 0 Å². The summed E-state index contributed by atoms with van der Waals surface area (Å²) in [4.78, 5) is 6.38. The molecule has 0 aliphatic carbocycles. The molecule has 17 heavy (non-hydrogen) atoms. The number of hydrogen-bond donors (Lipinski definition) is 0. The molecule has 2 nitrogen and oxygen atoms in total. The zero-order valence-electron chi connectivity index (χ0n) is 8.69. The Morgan fingerprint density at radius 1 is 1.47 bits per heavy atom. The van der Waals surface area contributed by atoms with Crippen molar-refractivity contribution in [3.8, 4) is 0 Å². The molecule has 0 unspecified atom stereocenters. The molecule has 0 atom stereocenters. The highest BCUT2D eigenvalue weighted by Gasteiger charge is 2.28. The van der Waals surface area contributed by atoms with Crippen LogP contribution in [0.3, 0.4) is 0 Å². The maximum Gasteiger partial charge on any atom is 0.173 e. The van der Waals surface area contributed by atoms with E-state index in [-0.39, 0.29) is 18.2 Å². The maximum absolute atomic E-state index is 13.6. The Labute approximate surface area is 114 Å². The van der Waals surface area contributed by atoms with Gasteiger partial charge < -0.3 is 4.90 Å². The average Bonchev–Trinajstić information content (AvgIpc) is 2.69. The van der Waals surface area contributed by atoms with Crippen molar-refractivity contribution in [2.24, 2.45) is 4.99 Å². The number of benzene rings is 1. The number of alkyl halides is 1. The number of hydrogen-bond acceptors (Lipinski definition) is 3. The van der Waals surface area contributed by atoms with E-state index in [9.17, 15) is 4.39 Å². The number of halogens is 3. The van der Waals surface area contributed by atoms with Gasteiger partial charge in [-0.15, -0.1) is 24.0 Å². The average molecular weight is 291 g/mol. The van der Waals surface area contributed by atoms with Crippen molar-refractivity contribution in [3.63, 3.8) is 0 Å². The van der Waals surface area contributed by atoms with Gasteiger partial charge in [-0.1, -0.05) is 17.8 Å². The summed E-state index contributed by atoms with van der Waals surface area (Å²) in [6, 6.07) is 4.98. The van der Waals surface area contributed by atoms with Crippen molar-refractivity contribution in [1.82, 2.24) is 4.90 Å². The summed E-state index contributed by atoms with van der Waals surface area (Å²) < 4.78 is 13.6. The lowest BCUT2D eigenvalue weighted by Crippen LogP contribution is -2.27. The highest BCUT2D eigenvalue weighted by atomic mass is 35.5. The van der Waals surface area contributed by atoms with Crippen LogP contribution in [0.25, 0.3) is 0 Å². The fourth-order valence-electron chi connectivity index (χ4n) is 1.80. The van der Waals surface area contributed by atoms with E-state index in [0.717, 1.165) is 16.6 Å². The van der Waals surface area contributed by atoms with E-state index >= 15 is 0 Å². The minimum Gasteiger partial charge on any atom is -0.318 e. The second kappa shape index (κ2) is 4.88. The number of nitrogens with zero attached hydrogens (tertiary/aromatic N) is 2. The Morgan fingerprint density at radius 3 is 3.06 bits per heavy atom. The van der Waals surface area contributed by atoms with Crippen LogP contribution in [0.1, 0.15) is 5.56 Å². The summed E-state index contributed by atoms with van der Waals surface area (Å²) >= 11 is 7.36. The molecule has 0 amide bonds. The number of thioether (sulfide) groups is 1. The first kappa shape index (κ1) is 12.7. The van der Waals surface area contributed by atoms with Gasteiger partial charge in [-0.2, -0.15) is 0 Å². The summed E-state index contributed by atoms with van der Waals surface area (Å²) in [5.41, 5.74) is 2.35. The monoisotopic (exact) mass is 290 g/mol. The standard InChI is InChI=1S/C11H8ClFN2S.ClH/c12-4-7-6-16-11-14-10-3-1-2-9(13)8(10)5-15(7)11;/h1-3,6H,4-5H2;1H. The Hall–Kier alpha value is -0.710. The van der Waals surface area contributed by atoms with E-state index < -0.39 is 0 Å². The molecule has 90 valence electrons. The molecular weight excluding hydrogens is 282 g/mol. The molecule has 0 fully saturated rings. The van der Waals surface area contributed by atoms with E-state index in [0.29, 0.717) is 18.0 Å². The summed E-state index contributed by atoms with van der Waals surface area (Å²) in [6.45, 7) is 0.520. The summed E-state index contributed by atoms with van der Waals surface area (Å²) in [5, 5.41) is 2.85. The minimum absolute atomic E-state index is 0. The fraction of sp³-hybridized carbons (Fsp3) is 0.182. The van der Waals surface area contributed by atoms with Crippen LogP contribution in [0.2, 0.25) is 0 Å². The number of aliphatic imine (C=N–C) groups is 1. The lowest BCUT2D eigenvalue weighted by atomic mass is 10.1. The number of fused-ring (bicyclic) bond motifs is 2. The van der Waals surface area contributed by atoms with E-state index in [2.05, 4.69) is 4.99 Å². The Balaban J connectivity index is 0.00000108. The van der Waals surface area contributed by atoms with Crippen molar-refractivity contribution < 1.29 is 4.39 Å². The van der Waals surface area contributed by atoms with Gasteiger partial charge >= 0.3 is 0 Å². The molecule has 0 N–H and O–H groups in total. The Kier molecular flexibility index (Phi) is 3.66. The van der Waals surface area contributed by atoms with Crippen molar-refractivity contribution in [2.75, 3.05) is 5.88 Å². The van der Waals surface area contributed by atoms with Crippen LogP contribution in [0.4, 0.5) is 10.1 Å². The third-order valence-electron chi connectivity index (χ3n) is 2.64. The zero-order valence-corrected chi connectivity index (χ0v) is 11.1. The minimum atomic E-state index is -0.203. The molecule has 1 aromatic carbocycles. The van der Waals surface area contributed by atoms with Gasteiger partial charge in [0, 0.05) is 11.3 Å². The smallest absolute Gasteiger partial charge is 0.173 e. The normalized spacial score (nSPS) is 16.7. The summed E-state index contributed by atoms with van der Waals surface area (Å²) in [7, 11) is 0. The largest absolute Gasteiger partial charge is 0.318 e. The molecular formula is C11H9Cl2FN2S. The van der Waals surface area contributed by atoms with Crippen LogP contribution in [0.15, 0.2) is 34.3 Å². The summed E-state index contributed by atoms with van der Waals surface area (Å²) in [5.74, 6) is 0.224. The van der Waals surface area contributed by atoms with Crippen LogP contribution in [-0.2, 0) is 6.54 Å². The van der Waals surface area contributed by atoms with Crippen LogP contribution in [-0.4, -0.2) is 15.9 Å². The molecule has 6 heteroatoms. The van der Waals surface area contributed by atoms with Gasteiger partial charge in [-0.25, -0.2) is 9.38 Å². The molecule has 0 radical (unpaired) electrons. The van der Waals surface area contributed by atoms with Crippen molar-refractivity contribution in [1.29, 1.82) is 0 Å². The molecule has 0 saturated carbocycles. The molecule has 0 aromatic heterocycles.